The Balaban J connectivity index is 4.57. The minimum Gasteiger partial charge on any atom is -0.481 e. The van der Waals surface area contributed by atoms with E-state index in [2.05, 4.69) is 0 Å². The maximum Gasteiger partial charge on any atom is 0.310 e. The highest BCUT2D eigenvalue weighted by molar-refractivity contribution is 5.84. The van der Waals surface area contributed by atoms with E-state index in [-0.39, 0.29) is 18.2 Å². The molecule has 0 spiro atoms. The third-order valence-electron chi connectivity index (χ3n) is 3.34. The van der Waals surface area contributed by atoms with Crippen LogP contribution in [0.2, 0.25) is 0 Å². The summed E-state index contributed by atoms with van der Waals surface area (Å²) in [5.41, 5.74) is -1.02. The molecule has 0 saturated carbocycles. The number of methoxy groups -OCH3 is 1. The minimum absolute atomic E-state index is 0.0141. The summed E-state index contributed by atoms with van der Waals surface area (Å²) in [4.78, 5) is 24.6. The monoisotopic (exact) mass is 245 g/mol. The molecule has 5 heteroatoms. The van der Waals surface area contributed by atoms with Gasteiger partial charge in [0.2, 0.25) is 5.91 Å². The Morgan fingerprint density at radius 1 is 1.41 bits per heavy atom. The Hall–Kier alpha value is -1.10. The normalized spacial score (nSPS) is 14.5. The van der Waals surface area contributed by atoms with Gasteiger partial charge in [0.1, 0.15) is 0 Å². The van der Waals surface area contributed by atoms with Gasteiger partial charge in [0, 0.05) is 27.1 Å². The molecule has 1 atom stereocenters. The first-order valence-electron chi connectivity index (χ1n) is 5.72. The lowest BCUT2D eigenvalue weighted by atomic mass is 9.76. The Morgan fingerprint density at radius 3 is 2.29 bits per heavy atom. The number of carbonyl (C=O) groups excluding carboxylic acids is 1. The summed E-state index contributed by atoms with van der Waals surface area (Å²) in [6.45, 7) is 6.17. The number of rotatable bonds is 7. The Labute approximate surface area is 103 Å². The first-order chi connectivity index (χ1) is 7.75. The van der Waals surface area contributed by atoms with Gasteiger partial charge in [0.25, 0.3) is 0 Å². The molecule has 0 rings (SSSR count). The number of likely N-dealkylation sites (N-methyl/N-ethyl adjacent to an activating group) is 1. The molecule has 0 radical (unpaired) electrons. The molecular formula is C12H23NO4. The fraction of sp³-hybridized carbons (Fsp3) is 0.833. The Bertz CT molecular complexity index is 278. The predicted molar refractivity (Wildman–Crippen MR) is 64.7 cm³/mol. The number of ether oxygens (including phenoxy) is 1. The number of aliphatic carboxylic acids is 1. The molecule has 0 aromatic heterocycles. The van der Waals surface area contributed by atoms with E-state index in [1.807, 2.05) is 13.8 Å². The lowest BCUT2D eigenvalue weighted by Crippen LogP contribution is -2.40. The van der Waals surface area contributed by atoms with Crippen molar-refractivity contribution in [2.45, 2.75) is 27.2 Å². The fourth-order valence-electron chi connectivity index (χ4n) is 1.33. The summed E-state index contributed by atoms with van der Waals surface area (Å²) in [5.74, 6) is -1.19. The van der Waals surface area contributed by atoms with Crippen LogP contribution in [0.15, 0.2) is 0 Å². The van der Waals surface area contributed by atoms with Crippen LogP contribution in [0.1, 0.15) is 27.2 Å². The van der Waals surface area contributed by atoms with Crippen LogP contribution in [0, 0.1) is 11.3 Å². The van der Waals surface area contributed by atoms with Crippen molar-refractivity contribution in [3.63, 3.8) is 0 Å². The molecule has 0 heterocycles. The van der Waals surface area contributed by atoms with Crippen LogP contribution >= 0.6 is 0 Å². The lowest BCUT2D eigenvalue weighted by Gasteiger charge is -2.30. The molecule has 0 aliphatic rings. The van der Waals surface area contributed by atoms with Gasteiger partial charge in [-0.2, -0.15) is 0 Å². The number of hydrogen-bond acceptors (Lipinski definition) is 3. The van der Waals surface area contributed by atoms with E-state index < -0.39 is 11.4 Å². The van der Waals surface area contributed by atoms with Gasteiger partial charge in [-0.15, -0.1) is 0 Å². The van der Waals surface area contributed by atoms with E-state index >= 15 is 0 Å². The fourth-order valence-corrected chi connectivity index (χ4v) is 1.33. The van der Waals surface area contributed by atoms with Crippen molar-refractivity contribution >= 4 is 11.9 Å². The number of carboxylic acid groups (broad SMARTS) is 1. The minimum atomic E-state index is -1.02. The van der Waals surface area contributed by atoms with Gasteiger partial charge in [-0.3, -0.25) is 9.59 Å². The Kier molecular flexibility index (Phi) is 6.16. The largest absolute Gasteiger partial charge is 0.481 e. The molecule has 0 saturated heterocycles. The van der Waals surface area contributed by atoms with Crippen LogP contribution in [0.4, 0.5) is 0 Å². The van der Waals surface area contributed by atoms with Crippen LogP contribution in [0.3, 0.4) is 0 Å². The average molecular weight is 245 g/mol. The third kappa shape index (κ3) is 4.34. The number of amides is 1. The molecule has 1 unspecified atom stereocenters. The average Bonchev–Trinajstić information content (AvgIpc) is 2.24. The highest BCUT2D eigenvalue weighted by Crippen LogP contribution is 2.31. The number of carboxylic acids is 1. The van der Waals surface area contributed by atoms with Crippen molar-refractivity contribution in [2.24, 2.45) is 11.3 Å². The summed E-state index contributed by atoms with van der Waals surface area (Å²) >= 11 is 0. The topological polar surface area (TPSA) is 66.8 Å². The molecular weight excluding hydrogens is 222 g/mol. The van der Waals surface area contributed by atoms with Gasteiger partial charge in [-0.1, -0.05) is 13.8 Å². The molecule has 0 aromatic carbocycles. The van der Waals surface area contributed by atoms with E-state index in [1.165, 1.54) is 4.90 Å². The van der Waals surface area contributed by atoms with Crippen LogP contribution in [0.25, 0.3) is 0 Å². The molecule has 100 valence electrons. The van der Waals surface area contributed by atoms with Crippen molar-refractivity contribution in [1.29, 1.82) is 0 Å². The summed E-state index contributed by atoms with van der Waals surface area (Å²) < 4.78 is 4.88. The van der Waals surface area contributed by atoms with E-state index in [0.717, 1.165) is 0 Å². The lowest BCUT2D eigenvalue weighted by molar-refractivity contribution is -0.155. The van der Waals surface area contributed by atoms with Crippen molar-refractivity contribution in [3.8, 4) is 0 Å². The SMILES string of the molecule is COCCN(C)C(=O)CC(C)(C(=O)O)C(C)C. The summed E-state index contributed by atoms with van der Waals surface area (Å²) in [6, 6.07) is 0. The second-order valence-corrected chi connectivity index (χ2v) is 4.86. The van der Waals surface area contributed by atoms with Crippen LogP contribution < -0.4 is 0 Å². The van der Waals surface area contributed by atoms with Gasteiger partial charge < -0.3 is 14.7 Å². The standard InChI is InChI=1S/C12H23NO4/c1-9(2)12(3,11(15)16)8-10(14)13(4)6-7-17-5/h9H,6-8H2,1-5H3,(H,15,16). The summed E-state index contributed by atoms with van der Waals surface area (Å²) in [7, 11) is 3.22. The molecule has 1 amide bonds. The van der Waals surface area contributed by atoms with Gasteiger partial charge in [0.05, 0.1) is 12.0 Å². The number of hydrogen-bond donors (Lipinski definition) is 1. The highest BCUT2D eigenvalue weighted by atomic mass is 16.5. The Morgan fingerprint density at radius 2 is 1.94 bits per heavy atom. The molecule has 5 nitrogen and oxygen atoms in total. The molecule has 0 aromatic rings. The van der Waals surface area contributed by atoms with Gasteiger partial charge in [0.15, 0.2) is 0 Å². The van der Waals surface area contributed by atoms with Crippen molar-refractivity contribution < 1.29 is 19.4 Å². The summed E-state index contributed by atoms with van der Waals surface area (Å²) in [5, 5.41) is 9.21. The maximum atomic E-state index is 11.9. The molecule has 0 bridgehead atoms. The first-order valence-corrected chi connectivity index (χ1v) is 5.72. The van der Waals surface area contributed by atoms with E-state index in [4.69, 9.17) is 4.74 Å². The zero-order chi connectivity index (χ0) is 13.6. The summed E-state index contributed by atoms with van der Waals surface area (Å²) in [6.07, 6.45) is 0.0141. The smallest absolute Gasteiger partial charge is 0.310 e. The van der Waals surface area contributed by atoms with Gasteiger partial charge in [-0.05, 0) is 12.8 Å². The van der Waals surface area contributed by atoms with Crippen molar-refractivity contribution in [3.05, 3.63) is 0 Å². The van der Waals surface area contributed by atoms with E-state index in [0.29, 0.717) is 13.2 Å². The zero-order valence-electron chi connectivity index (χ0n) is 11.3. The number of carbonyl (C=O) groups is 2. The zero-order valence-corrected chi connectivity index (χ0v) is 11.3. The van der Waals surface area contributed by atoms with Crippen LogP contribution in [-0.2, 0) is 14.3 Å². The van der Waals surface area contributed by atoms with E-state index in [1.54, 1.807) is 21.1 Å². The second kappa shape index (κ2) is 6.59. The van der Waals surface area contributed by atoms with E-state index in [9.17, 15) is 14.7 Å². The molecule has 0 aliphatic heterocycles. The number of nitrogens with zero attached hydrogens (tertiary/aromatic N) is 1. The molecule has 1 N–H and O–H groups in total. The molecule has 0 fully saturated rings. The highest BCUT2D eigenvalue weighted by Gasteiger charge is 2.39. The van der Waals surface area contributed by atoms with Crippen molar-refractivity contribution in [2.75, 3.05) is 27.3 Å². The van der Waals surface area contributed by atoms with Crippen LogP contribution in [-0.4, -0.2) is 49.2 Å². The van der Waals surface area contributed by atoms with Crippen LogP contribution in [0.5, 0.6) is 0 Å². The van der Waals surface area contributed by atoms with Gasteiger partial charge >= 0.3 is 5.97 Å². The maximum absolute atomic E-state index is 11.9. The molecule has 17 heavy (non-hydrogen) atoms. The second-order valence-electron chi connectivity index (χ2n) is 4.86. The quantitative estimate of drug-likeness (QED) is 0.732. The predicted octanol–water partition coefficient (Wildman–Crippen LogP) is 1.23. The van der Waals surface area contributed by atoms with Gasteiger partial charge in [-0.25, -0.2) is 0 Å². The van der Waals surface area contributed by atoms with Crippen molar-refractivity contribution in [1.82, 2.24) is 4.90 Å². The third-order valence-corrected chi connectivity index (χ3v) is 3.34. The first kappa shape index (κ1) is 15.9. The molecule has 0 aliphatic carbocycles.